The van der Waals surface area contributed by atoms with Crippen LogP contribution in [0.4, 0.5) is 0 Å². The fourth-order valence-corrected chi connectivity index (χ4v) is 5.17. The van der Waals surface area contributed by atoms with Crippen LogP contribution in [0.25, 0.3) is 0 Å². The van der Waals surface area contributed by atoms with Crippen molar-refractivity contribution >= 4 is 11.8 Å². The minimum absolute atomic E-state index is 0.00428. The van der Waals surface area contributed by atoms with Gasteiger partial charge in [-0.05, 0) is 64.2 Å². The van der Waals surface area contributed by atoms with Crippen LogP contribution < -0.4 is 0 Å². The maximum absolute atomic E-state index is 12.4. The number of hydrogen-bond donors (Lipinski definition) is 0. The van der Waals surface area contributed by atoms with Gasteiger partial charge in [0.15, 0.2) is 0 Å². The van der Waals surface area contributed by atoms with Gasteiger partial charge in [0.2, 0.25) is 11.8 Å². The third-order valence-corrected chi connectivity index (χ3v) is 8.05. The Morgan fingerprint density at radius 1 is 0.400 bits per heavy atom. The molecule has 0 N–H and O–H groups in total. The van der Waals surface area contributed by atoms with E-state index >= 15 is 0 Å². The monoisotopic (exact) mass is 560 g/mol. The first-order valence-corrected chi connectivity index (χ1v) is 17.7. The van der Waals surface area contributed by atoms with E-state index in [9.17, 15) is 9.59 Å². The van der Waals surface area contributed by atoms with Crippen LogP contribution in [0, 0.1) is 0 Å². The Kier molecular flexibility index (Phi) is 31.0. The molecule has 0 radical (unpaired) electrons. The van der Waals surface area contributed by atoms with Crippen LogP contribution in [0.3, 0.4) is 0 Å². The lowest BCUT2D eigenvalue weighted by atomic mass is 10.1. The van der Waals surface area contributed by atoms with E-state index in [2.05, 4.69) is 38.2 Å². The lowest BCUT2D eigenvalue weighted by molar-refractivity contribution is -0.143. The van der Waals surface area contributed by atoms with Crippen LogP contribution in [0.1, 0.15) is 194 Å². The first-order valence-electron chi connectivity index (χ1n) is 17.7. The smallest absolute Gasteiger partial charge is 0.228 e. The Balaban J connectivity index is 3.51. The molecule has 0 rings (SSSR count). The third-order valence-electron chi connectivity index (χ3n) is 8.05. The Hall–Kier alpha value is -1.38. The van der Waals surface area contributed by atoms with E-state index in [1.807, 2.05) is 0 Å². The van der Waals surface area contributed by atoms with Gasteiger partial charge >= 0.3 is 0 Å². The van der Waals surface area contributed by atoms with Gasteiger partial charge in [0.25, 0.3) is 0 Å². The molecule has 0 fully saturated rings. The van der Waals surface area contributed by atoms with E-state index in [1.165, 1.54) is 146 Å². The summed E-state index contributed by atoms with van der Waals surface area (Å²) in [6.07, 6.45) is 43.0. The highest BCUT2D eigenvalue weighted by Gasteiger charge is 2.15. The van der Waals surface area contributed by atoms with Gasteiger partial charge in [0.05, 0.1) is 0 Å². The molecule has 0 aromatic rings. The largest absolute Gasteiger partial charge is 0.286 e. The van der Waals surface area contributed by atoms with Crippen molar-refractivity contribution in [2.45, 2.75) is 194 Å². The molecular formula is C37H69NO2. The summed E-state index contributed by atoms with van der Waals surface area (Å²) in [5.74, 6) is -0.00857. The van der Waals surface area contributed by atoms with Crippen LogP contribution in [-0.2, 0) is 9.59 Å². The molecule has 2 amide bonds. The zero-order chi connectivity index (χ0) is 29.4. The van der Waals surface area contributed by atoms with Crippen LogP contribution in [-0.4, -0.2) is 23.8 Å². The van der Waals surface area contributed by atoms with Crippen LogP contribution in [0.15, 0.2) is 24.3 Å². The molecule has 40 heavy (non-hydrogen) atoms. The normalized spacial score (nSPS) is 11.7. The van der Waals surface area contributed by atoms with E-state index in [1.54, 1.807) is 7.05 Å². The first kappa shape index (κ1) is 38.6. The summed E-state index contributed by atoms with van der Waals surface area (Å²) in [4.78, 5) is 26.1. The van der Waals surface area contributed by atoms with Gasteiger partial charge in [0, 0.05) is 19.9 Å². The Morgan fingerprint density at radius 3 is 0.950 bits per heavy atom. The van der Waals surface area contributed by atoms with Crippen molar-refractivity contribution < 1.29 is 9.59 Å². The van der Waals surface area contributed by atoms with Crippen molar-refractivity contribution in [1.29, 1.82) is 0 Å². The fraction of sp³-hybridized carbons (Fsp3) is 0.838. The summed E-state index contributed by atoms with van der Waals surface area (Å²) in [6.45, 7) is 4.54. The van der Waals surface area contributed by atoms with E-state index < -0.39 is 0 Å². The van der Waals surface area contributed by atoms with Crippen molar-refractivity contribution in [2.24, 2.45) is 0 Å². The van der Waals surface area contributed by atoms with Gasteiger partial charge in [-0.2, -0.15) is 0 Å². The molecule has 0 unspecified atom stereocenters. The summed E-state index contributed by atoms with van der Waals surface area (Å²) < 4.78 is 0. The molecule has 0 aliphatic rings. The van der Waals surface area contributed by atoms with E-state index in [4.69, 9.17) is 0 Å². The number of amides is 2. The fourth-order valence-electron chi connectivity index (χ4n) is 5.17. The molecular weight excluding hydrogens is 490 g/mol. The third kappa shape index (κ3) is 28.2. The number of carbonyl (C=O) groups excluding carboxylic acids is 2. The molecule has 0 heterocycles. The maximum atomic E-state index is 12.4. The molecule has 0 aromatic heterocycles. The SMILES string of the molecule is CCCCCCCCC=CCCCCCCCC(=O)N(C)C(=O)CCCCCCCC=CCCCCCCCC. The van der Waals surface area contributed by atoms with Crippen LogP contribution >= 0.6 is 0 Å². The van der Waals surface area contributed by atoms with Crippen molar-refractivity contribution in [3.63, 3.8) is 0 Å². The average molecular weight is 560 g/mol. The minimum atomic E-state index is -0.00428. The van der Waals surface area contributed by atoms with Gasteiger partial charge in [-0.25, -0.2) is 0 Å². The first-order chi connectivity index (χ1) is 19.6. The Labute approximate surface area is 251 Å². The molecule has 3 nitrogen and oxygen atoms in total. The number of rotatable bonds is 30. The van der Waals surface area contributed by atoms with Gasteiger partial charge in [-0.15, -0.1) is 0 Å². The van der Waals surface area contributed by atoms with Gasteiger partial charge < -0.3 is 0 Å². The average Bonchev–Trinajstić information content (AvgIpc) is 2.96. The molecule has 0 saturated carbocycles. The number of imide groups is 1. The summed E-state index contributed by atoms with van der Waals surface area (Å²) in [7, 11) is 1.67. The standard InChI is InChI=1S/C37H69NO2/c1-4-6-8-10-12-14-16-18-20-22-24-26-28-30-32-34-36(39)38(3)37(40)35-33-31-29-27-25-23-21-19-17-15-13-11-9-7-5-2/h18-21H,4-17,22-35H2,1-3H3. The topological polar surface area (TPSA) is 37.4 Å². The maximum Gasteiger partial charge on any atom is 0.228 e. The molecule has 234 valence electrons. The minimum Gasteiger partial charge on any atom is -0.286 e. The van der Waals surface area contributed by atoms with Crippen LogP contribution in [0.2, 0.25) is 0 Å². The number of hydrogen-bond acceptors (Lipinski definition) is 2. The Bertz CT molecular complexity index is 557. The molecule has 0 aliphatic heterocycles. The zero-order valence-corrected chi connectivity index (χ0v) is 27.4. The van der Waals surface area contributed by atoms with Gasteiger partial charge in [0.1, 0.15) is 0 Å². The quantitative estimate of drug-likeness (QED) is 0.0648. The summed E-state index contributed by atoms with van der Waals surface area (Å²) in [6, 6.07) is 0. The second-order valence-electron chi connectivity index (χ2n) is 12.0. The lowest BCUT2D eigenvalue weighted by Gasteiger charge is -2.15. The van der Waals surface area contributed by atoms with Gasteiger partial charge in [-0.3, -0.25) is 14.5 Å². The van der Waals surface area contributed by atoms with Crippen molar-refractivity contribution in [2.75, 3.05) is 7.05 Å². The molecule has 0 bridgehead atoms. The highest BCUT2D eigenvalue weighted by molar-refractivity contribution is 5.94. The predicted octanol–water partition coefficient (Wildman–Crippen LogP) is 12.0. The van der Waals surface area contributed by atoms with Crippen molar-refractivity contribution in [3.8, 4) is 0 Å². The van der Waals surface area contributed by atoms with Crippen LogP contribution in [0.5, 0.6) is 0 Å². The molecule has 0 aliphatic carbocycles. The van der Waals surface area contributed by atoms with E-state index in [0.717, 1.165) is 25.7 Å². The van der Waals surface area contributed by atoms with Gasteiger partial charge in [-0.1, -0.05) is 141 Å². The molecule has 0 saturated heterocycles. The summed E-state index contributed by atoms with van der Waals surface area (Å²) >= 11 is 0. The zero-order valence-electron chi connectivity index (χ0n) is 27.4. The highest BCUT2D eigenvalue weighted by atomic mass is 16.2. The van der Waals surface area contributed by atoms with E-state index in [-0.39, 0.29) is 11.8 Å². The highest BCUT2D eigenvalue weighted by Crippen LogP contribution is 2.13. The predicted molar refractivity (Wildman–Crippen MR) is 177 cm³/mol. The van der Waals surface area contributed by atoms with E-state index in [0.29, 0.717) is 12.8 Å². The number of nitrogens with zero attached hydrogens (tertiary/aromatic N) is 1. The second kappa shape index (κ2) is 32.1. The summed E-state index contributed by atoms with van der Waals surface area (Å²) in [5.41, 5.74) is 0. The lowest BCUT2D eigenvalue weighted by Crippen LogP contribution is -2.32. The molecule has 0 spiro atoms. The van der Waals surface area contributed by atoms with Crippen molar-refractivity contribution in [3.05, 3.63) is 24.3 Å². The molecule has 3 heteroatoms. The molecule has 0 atom stereocenters. The number of unbranched alkanes of at least 4 members (excludes halogenated alkanes) is 22. The summed E-state index contributed by atoms with van der Waals surface area (Å²) in [5, 5.41) is 0. The Morgan fingerprint density at radius 2 is 0.650 bits per heavy atom. The number of carbonyl (C=O) groups is 2. The molecule has 0 aromatic carbocycles. The second-order valence-corrected chi connectivity index (χ2v) is 12.0. The number of allylic oxidation sites excluding steroid dienone is 4. The van der Waals surface area contributed by atoms with Crippen molar-refractivity contribution in [1.82, 2.24) is 4.90 Å².